The Balaban J connectivity index is 1.89. The van der Waals surface area contributed by atoms with E-state index >= 15 is 0 Å². The topological polar surface area (TPSA) is 41.1 Å². The molecule has 0 heterocycles. The molecule has 1 aliphatic carbocycles. The van der Waals surface area contributed by atoms with Crippen LogP contribution in [-0.2, 0) is 4.79 Å². The minimum atomic E-state index is 0.254. The summed E-state index contributed by atoms with van der Waals surface area (Å²) in [5.41, 5.74) is 0. The highest BCUT2D eigenvalue weighted by Gasteiger charge is 2.24. The van der Waals surface area contributed by atoms with Crippen LogP contribution in [0.25, 0.3) is 0 Å². The summed E-state index contributed by atoms with van der Waals surface area (Å²) in [4.78, 5) is 11.3. The molecule has 0 saturated heterocycles. The molecule has 0 aromatic carbocycles. The Bertz CT molecular complexity index is 155. The lowest BCUT2D eigenvalue weighted by Gasteiger charge is -2.24. The van der Waals surface area contributed by atoms with Crippen LogP contribution in [0.2, 0.25) is 0 Å². The van der Waals surface area contributed by atoms with Gasteiger partial charge in [0.1, 0.15) is 0 Å². The summed E-state index contributed by atoms with van der Waals surface area (Å²) < 4.78 is 0. The van der Waals surface area contributed by atoms with Crippen molar-refractivity contribution in [3.05, 3.63) is 0 Å². The molecule has 13 heavy (non-hydrogen) atoms. The minimum absolute atomic E-state index is 0.254. The highest BCUT2D eigenvalue weighted by Crippen LogP contribution is 2.25. The fourth-order valence-corrected chi connectivity index (χ4v) is 1.39. The van der Waals surface area contributed by atoms with Crippen LogP contribution in [0.15, 0.2) is 0 Å². The summed E-state index contributed by atoms with van der Waals surface area (Å²) in [5, 5.41) is 6.19. The van der Waals surface area contributed by atoms with E-state index in [4.69, 9.17) is 0 Å². The first kappa shape index (κ1) is 10.5. The molecule has 0 aromatic heterocycles. The fraction of sp³-hybridized carbons (Fsp3) is 0.900. The maximum absolute atomic E-state index is 11.3. The summed E-state index contributed by atoms with van der Waals surface area (Å²) in [7, 11) is 0. The molecule has 1 fully saturated rings. The number of carbonyl (C=O) groups excluding carboxylic acids is 1. The molecular weight excluding hydrogens is 164 g/mol. The van der Waals surface area contributed by atoms with E-state index in [1.165, 1.54) is 6.42 Å². The van der Waals surface area contributed by atoms with Crippen LogP contribution in [0.1, 0.15) is 32.6 Å². The van der Waals surface area contributed by atoms with Crippen LogP contribution in [0.4, 0.5) is 0 Å². The molecule has 0 bridgehead atoms. The zero-order chi connectivity index (χ0) is 9.52. The highest BCUT2D eigenvalue weighted by molar-refractivity contribution is 5.79. The lowest BCUT2D eigenvalue weighted by atomic mass is 9.85. The van der Waals surface area contributed by atoms with Crippen LogP contribution >= 0.6 is 0 Å². The second-order valence-corrected chi connectivity index (χ2v) is 3.67. The van der Waals surface area contributed by atoms with Gasteiger partial charge in [-0.2, -0.15) is 0 Å². The average molecular weight is 184 g/mol. The molecule has 0 atom stereocenters. The molecule has 3 heteroatoms. The molecule has 0 spiro atoms. The van der Waals surface area contributed by atoms with Gasteiger partial charge in [-0.25, -0.2) is 0 Å². The van der Waals surface area contributed by atoms with Gasteiger partial charge in [0.25, 0.3) is 0 Å². The van der Waals surface area contributed by atoms with Crippen molar-refractivity contribution in [2.45, 2.75) is 32.6 Å². The third-order valence-electron chi connectivity index (χ3n) is 2.50. The van der Waals surface area contributed by atoms with Crippen LogP contribution in [-0.4, -0.2) is 25.5 Å². The third kappa shape index (κ3) is 3.77. The Hall–Kier alpha value is -0.570. The van der Waals surface area contributed by atoms with Gasteiger partial charge in [0.2, 0.25) is 5.91 Å². The van der Waals surface area contributed by atoms with Gasteiger partial charge < -0.3 is 10.6 Å². The summed E-state index contributed by atoms with van der Waals surface area (Å²) >= 11 is 0. The van der Waals surface area contributed by atoms with Crippen LogP contribution in [0.5, 0.6) is 0 Å². The Morgan fingerprint density at radius 3 is 2.62 bits per heavy atom. The van der Waals surface area contributed by atoms with Crippen molar-refractivity contribution in [1.82, 2.24) is 10.6 Å². The molecule has 0 radical (unpaired) electrons. The van der Waals surface area contributed by atoms with E-state index in [1.807, 2.05) is 0 Å². The van der Waals surface area contributed by atoms with Crippen molar-refractivity contribution in [2.24, 2.45) is 5.92 Å². The number of rotatable bonds is 6. The second-order valence-electron chi connectivity index (χ2n) is 3.67. The van der Waals surface area contributed by atoms with E-state index in [2.05, 4.69) is 17.6 Å². The molecule has 0 aromatic rings. The number of hydrogen-bond donors (Lipinski definition) is 2. The maximum Gasteiger partial charge on any atom is 0.223 e. The fourth-order valence-electron chi connectivity index (χ4n) is 1.39. The SMILES string of the molecule is CCCNCCNC(=O)C1CCC1. The van der Waals surface area contributed by atoms with E-state index in [1.54, 1.807) is 0 Å². The van der Waals surface area contributed by atoms with Crippen molar-refractivity contribution in [1.29, 1.82) is 0 Å². The summed E-state index contributed by atoms with van der Waals surface area (Å²) in [6.45, 7) is 4.85. The Kier molecular flexibility index (Phi) is 4.83. The average Bonchev–Trinajstić information content (AvgIpc) is 2.01. The number of carbonyl (C=O) groups is 1. The minimum Gasteiger partial charge on any atom is -0.355 e. The van der Waals surface area contributed by atoms with E-state index in [9.17, 15) is 4.79 Å². The van der Waals surface area contributed by atoms with E-state index < -0.39 is 0 Å². The number of amides is 1. The van der Waals surface area contributed by atoms with Gasteiger partial charge in [-0.05, 0) is 25.8 Å². The molecule has 2 N–H and O–H groups in total. The van der Waals surface area contributed by atoms with Gasteiger partial charge in [0.05, 0.1) is 0 Å². The summed E-state index contributed by atoms with van der Waals surface area (Å²) in [6, 6.07) is 0. The molecular formula is C10H20N2O. The molecule has 0 unspecified atom stereocenters. The first-order valence-electron chi connectivity index (χ1n) is 5.33. The highest BCUT2D eigenvalue weighted by atomic mass is 16.1. The molecule has 1 amide bonds. The normalized spacial score (nSPS) is 16.7. The largest absolute Gasteiger partial charge is 0.355 e. The van der Waals surface area contributed by atoms with Crippen molar-refractivity contribution in [3.8, 4) is 0 Å². The summed E-state index contributed by atoms with van der Waals surface area (Å²) in [5.74, 6) is 0.579. The molecule has 1 aliphatic rings. The molecule has 76 valence electrons. The first-order valence-corrected chi connectivity index (χ1v) is 5.33. The van der Waals surface area contributed by atoms with E-state index in [0.717, 1.165) is 38.9 Å². The molecule has 1 rings (SSSR count). The molecule has 0 aliphatic heterocycles. The lowest BCUT2D eigenvalue weighted by Crippen LogP contribution is -2.38. The maximum atomic E-state index is 11.3. The predicted molar refractivity (Wildman–Crippen MR) is 53.5 cm³/mol. The summed E-state index contributed by atoms with van der Waals surface area (Å²) in [6.07, 6.45) is 4.56. The van der Waals surface area contributed by atoms with Crippen LogP contribution < -0.4 is 10.6 Å². The van der Waals surface area contributed by atoms with E-state index in [-0.39, 0.29) is 5.91 Å². The number of hydrogen-bond acceptors (Lipinski definition) is 2. The molecule has 1 saturated carbocycles. The predicted octanol–water partition coefficient (Wildman–Crippen LogP) is 0.902. The monoisotopic (exact) mass is 184 g/mol. The zero-order valence-electron chi connectivity index (χ0n) is 8.44. The Morgan fingerprint density at radius 2 is 2.08 bits per heavy atom. The Labute approximate surface area is 80.3 Å². The molecule has 3 nitrogen and oxygen atoms in total. The first-order chi connectivity index (χ1) is 6.34. The van der Waals surface area contributed by atoms with Gasteiger partial charge in [0, 0.05) is 19.0 Å². The van der Waals surface area contributed by atoms with Crippen molar-refractivity contribution >= 4 is 5.91 Å². The second kappa shape index (κ2) is 5.97. The lowest BCUT2D eigenvalue weighted by molar-refractivity contribution is -0.127. The van der Waals surface area contributed by atoms with Gasteiger partial charge in [-0.1, -0.05) is 13.3 Å². The van der Waals surface area contributed by atoms with Gasteiger partial charge >= 0.3 is 0 Å². The van der Waals surface area contributed by atoms with Crippen molar-refractivity contribution in [2.75, 3.05) is 19.6 Å². The third-order valence-corrected chi connectivity index (χ3v) is 2.50. The van der Waals surface area contributed by atoms with E-state index in [0.29, 0.717) is 5.92 Å². The van der Waals surface area contributed by atoms with Crippen LogP contribution in [0, 0.1) is 5.92 Å². The smallest absolute Gasteiger partial charge is 0.223 e. The Morgan fingerprint density at radius 1 is 1.31 bits per heavy atom. The number of nitrogens with one attached hydrogen (secondary N) is 2. The van der Waals surface area contributed by atoms with Crippen molar-refractivity contribution in [3.63, 3.8) is 0 Å². The quantitative estimate of drug-likeness (QED) is 0.602. The van der Waals surface area contributed by atoms with Crippen molar-refractivity contribution < 1.29 is 4.79 Å². The van der Waals surface area contributed by atoms with Gasteiger partial charge in [0.15, 0.2) is 0 Å². The van der Waals surface area contributed by atoms with Gasteiger partial charge in [-0.3, -0.25) is 4.79 Å². The zero-order valence-corrected chi connectivity index (χ0v) is 8.44. The van der Waals surface area contributed by atoms with Gasteiger partial charge in [-0.15, -0.1) is 0 Å². The van der Waals surface area contributed by atoms with Crippen LogP contribution in [0.3, 0.4) is 0 Å². The standard InChI is InChI=1S/C10H20N2O/c1-2-6-11-7-8-12-10(13)9-4-3-5-9/h9,11H,2-8H2,1H3,(H,12,13).